The van der Waals surface area contributed by atoms with E-state index in [-0.39, 0.29) is 12.5 Å². The molecule has 2 unspecified atom stereocenters. The molecule has 1 saturated carbocycles. The van der Waals surface area contributed by atoms with E-state index in [1.54, 1.807) is 47.9 Å². The molecule has 1 fully saturated rings. The van der Waals surface area contributed by atoms with Gasteiger partial charge in [0, 0.05) is 18.4 Å². The number of ether oxygens (including phenoxy) is 2. The third-order valence-corrected chi connectivity index (χ3v) is 5.80. The van der Waals surface area contributed by atoms with E-state index in [1.807, 2.05) is 30.7 Å². The van der Waals surface area contributed by atoms with Gasteiger partial charge in [0.2, 0.25) is 0 Å². The molecule has 9 heteroatoms. The molecule has 1 aliphatic rings. The minimum atomic E-state index is -0.744. The predicted octanol–water partition coefficient (Wildman–Crippen LogP) is 5.87. The van der Waals surface area contributed by atoms with E-state index < -0.39 is 28.8 Å². The van der Waals surface area contributed by atoms with Crippen molar-refractivity contribution in [2.24, 2.45) is 10.9 Å². The van der Waals surface area contributed by atoms with Crippen molar-refractivity contribution in [2.75, 3.05) is 6.54 Å². The molecule has 36 heavy (non-hydrogen) atoms. The first-order valence-electron chi connectivity index (χ1n) is 12.6. The molecule has 9 nitrogen and oxygen atoms in total. The second-order valence-corrected chi connectivity index (χ2v) is 11.4. The maximum absolute atomic E-state index is 12.7. The minimum Gasteiger partial charge on any atom is -0.443 e. The number of hydrogen-bond donors (Lipinski definition) is 0. The maximum atomic E-state index is 12.7. The molecular weight excluding hydrogens is 460 g/mol. The van der Waals surface area contributed by atoms with Gasteiger partial charge in [-0.15, -0.1) is 0 Å². The van der Waals surface area contributed by atoms with Crippen LogP contribution in [0.5, 0.6) is 0 Å². The number of aldehydes is 1. The Morgan fingerprint density at radius 2 is 1.75 bits per heavy atom. The second kappa shape index (κ2) is 11.4. The van der Waals surface area contributed by atoms with Gasteiger partial charge in [-0.3, -0.25) is 4.57 Å². The minimum absolute atomic E-state index is 0.0800. The van der Waals surface area contributed by atoms with Crippen LogP contribution in [0, 0.1) is 5.92 Å². The van der Waals surface area contributed by atoms with Crippen LogP contribution in [0.4, 0.5) is 9.59 Å². The van der Waals surface area contributed by atoms with Crippen molar-refractivity contribution >= 4 is 24.3 Å². The number of amides is 2. The van der Waals surface area contributed by atoms with Crippen molar-refractivity contribution in [2.45, 2.75) is 105 Å². The molecule has 0 saturated heterocycles. The van der Waals surface area contributed by atoms with Gasteiger partial charge in [-0.25, -0.2) is 24.5 Å². The molecule has 0 radical (unpaired) electrons. The smallest absolute Gasteiger partial charge is 0.419 e. The number of allylic oxidation sites excluding steroid dienone is 2. The molecule has 0 N–H and O–H groups in total. The molecule has 1 aliphatic carbocycles. The fourth-order valence-electron chi connectivity index (χ4n) is 4.01. The van der Waals surface area contributed by atoms with Gasteiger partial charge in [0.1, 0.15) is 29.7 Å². The van der Waals surface area contributed by atoms with Crippen molar-refractivity contribution < 1.29 is 23.9 Å². The molecule has 200 valence electrons. The molecule has 0 bridgehead atoms. The van der Waals surface area contributed by atoms with Crippen LogP contribution in [0.2, 0.25) is 0 Å². The highest BCUT2D eigenvalue weighted by atomic mass is 16.6. The number of carbonyl (C=O) groups excluding carboxylic acids is 3. The molecule has 0 spiro atoms. The van der Waals surface area contributed by atoms with E-state index in [1.165, 1.54) is 0 Å². The zero-order valence-corrected chi connectivity index (χ0v) is 23.3. The fraction of sp³-hybridized carbons (Fsp3) is 0.667. The molecular formula is C27H42N4O5. The summed E-state index contributed by atoms with van der Waals surface area (Å²) in [6.07, 6.45) is 7.83. The number of carbonyl (C=O) groups is 3. The lowest BCUT2D eigenvalue weighted by Crippen LogP contribution is -2.44. The summed E-state index contributed by atoms with van der Waals surface area (Å²) < 4.78 is 12.6. The average molecular weight is 503 g/mol. The van der Waals surface area contributed by atoms with Gasteiger partial charge in [0.25, 0.3) is 0 Å². The Kier molecular flexibility index (Phi) is 9.26. The first-order valence-corrected chi connectivity index (χ1v) is 12.6. The van der Waals surface area contributed by atoms with Crippen molar-refractivity contribution in [3.05, 3.63) is 30.0 Å². The molecule has 2 rings (SSSR count). The normalized spacial score (nSPS) is 20.6. The summed E-state index contributed by atoms with van der Waals surface area (Å²) in [5, 5.41) is 0. The topological polar surface area (TPSA) is 103 Å². The summed E-state index contributed by atoms with van der Waals surface area (Å²) in [6.45, 7) is 16.5. The number of imide groups is 1. The Morgan fingerprint density at radius 1 is 1.17 bits per heavy atom. The Morgan fingerprint density at radius 3 is 2.25 bits per heavy atom. The van der Waals surface area contributed by atoms with Crippen molar-refractivity contribution in [1.82, 2.24) is 14.5 Å². The molecule has 1 aromatic rings. The van der Waals surface area contributed by atoms with Crippen LogP contribution < -0.4 is 0 Å². The maximum Gasteiger partial charge on any atom is 0.419 e. The second-order valence-electron chi connectivity index (χ2n) is 11.4. The Labute approximate surface area is 215 Å². The van der Waals surface area contributed by atoms with Crippen LogP contribution in [0.25, 0.3) is 0 Å². The van der Waals surface area contributed by atoms with Gasteiger partial charge in [0.05, 0.1) is 11.1 Å². The van der Waals surface area contributed by atoms with Crippen LogP contribution in [0.15, 0.2) is 29.3 Å². The molecule has 2 atom stereocenters. The molecule has 2 amide bonds. The number of rotatable bonds is 8. The molecule has 0 aliphatic heterocycles. The van der Waals surface area contributed by atoms with E-state index >= 15 is 0 Å². The Hall–Kier alpha value is -2.97. The van der Waals surface area contributed by atoms with Gasteiger partial charge >= 0.3 is 12.2 Å². The predicted molar refractivity (Wildman–Crippen MR) is 139 cm³/mol. The molecule has 0 aromatic carbocycles. The summed E-state index contributed by atoms with van der Waals surface area (Å²) in [6, 6.07) is 0. The third kappa shape index (κ3) is 8.03. The number of nitrogens with zero attached hydrogens (tertiary/aromatic N) is 4. The largest absolute Gasteiger partial charge is 0.443 e. The van der Waals surface area contributed by atoms with Crippen LogP contribution >= 0.6 is 0 Å². The van der Waals surface area contributed by atoms with Crippen LogP contribution in [-0.2, 0) is 19.7 Å². The summed E-state index contributed by atoms with van der Waals surface area (Å²) in [4.78, 5) is 47.6. The lowest BCUT2D eigenvalue weighted by molar-refractivity contribution is -0.110. The van der Waals surface area contributed by atoms with E-state index in [0.717, 1.165) is 29.1 Å². The fourth-order valence-corrected chi connectivity index (χ4v) is 4.01. The van der Waals surface area contributed by atoms with E-state index in [4.69, 9.17) is 9.47 Å². The monoisotopic (exact) mass is 502 g/mol. The molecule has 1 heterocycles. The lowest BCUT2D eigenvalue weighted by atomic mass is 9.99. The number of aromatic nitrogens is 2. The van der Waals surface area contributed by atoms with Gasteiger partial charge in [-0.05, 0) is 87.0 Å². The van der Waals surface area contributed by atoms with Gasteiger partial charge in [-0.1, -0.05) is 13.0 Å². The number of aliphatic imine (C=N–C) groups is 1. The standard InChI is InChI=1S/C27H42N4O5/c1-10-12-19(2)29-20(3)30-16-22(28-18-30)27(17-32)15-21(27)13-11-14-31(23(33)35-25(4,5)6)24(34)36-26(7,8)9/h12,16-18,21H,10-11,13-15H2,1-9H3/b19-12-,29-20?. The Balaban J connectivity index is 2.07. The Bertz CT molecular complexity index is 984. The third-order valence-electron chi connectivity index (χ3n) is 5.80. The van der Waals surface area contributed by atoms with E-state index in [9.17, 15) is 14.4 Å². The number of imidazole rings is 1. The van der Waals surface area contributed by atoms with E-state index in [0.29, 0.717) is 25.0 Å². The lowest BCUT2D eigenvalue weighted by Gasteiger charge is -2.28. The highest BCUT2D eigenvalue weighted by Crippen LogP contribution is 2.54. The summed E-state index contributed by atoms with van der Waals surface area (Å²) in [5.74, 6) is 0.857. The quantitative estimate of drug-likeness (QED) is 0.250. The SMILES string of the molecule is CC/C=C(/C)N=C(C)n1cnc(C2(C=O)CC2CCCN(C(=O)OC(C)(C)C)C(=O)OC(C)(C)C)c1. The zero-order valence-electron chi connectivity index (χ0n) is 23.3. The summed E-state index contributed by atoms with van der Waals surface area (Å²) in [5.41, 5.74) is -0.496. The van der Waals surface area contributed by atoms with Crippen LogP contribution in [0.3, 0.4) is 0 Å². The van der Waals surface area contributed by atoms with Crippen LogP contribution in [-0.4, -0.2) is 56.5 Å². The average Bonchev–Trinajstić information content (AvgIpc) is 3.20. The van der Waals surface area contributed by atoms with Gasteiger partial charge in [-0.2, -0.15) is 0 Å². The molecule has 1 aromatic heterocycles. The zero-order chi connectivity index (χ0) is 27.3. The first kappa shape index (κ1) is 29.3. The highest BCUT2D eigenvalue weighted by molar-refractivity contribution is 5.88. The van der Waals surface area contributed by atoms with Gasteiger partial charge in [0.15, 0.2) is 0 Å². The van der Waals surface area contributed by atoms with Crippen molar-refractivity contribution in [3.8, 4) is 0 Å². The number of hydrogen-bond acceptors (Lipinski definition) is 7. The summed E-state index contributed by atoms with van der Waals surface area (Å²) in [7, 11) is 0. The van der Waals surface area contributed by atoms with Crippen molar-refractivity contribution in [3.63, 3.8) is 0 Å². The first-order chi connectivity index (χ1) is 16.6. The highest BCUT2D eigenvalue weighted by Gasteiger charge is 2.56. The van der Waals surface area contributed by atoms with Crippen LogP contribution in [0.1, 0.15) is 93.7 Å². The van der Waals surface area contributed by atoms with Crippen molar-refractivity contribution in [1.29, 1.82) is 0 Å². The van der Waals surface area contributed by atoms with E-state index in [2.05, 4.69) is 16.9 Å². The summed E-state index contributed by atoms with van der Waals surface area (Å²) >= 11 is 0. The van der Waals surface area contributed by atoms with Gasteiger partial charge < -0.3 is 14.3 Å².